The van der Waals surface area contributed by atoms with Crippen LogP contribution in [0, 0.1) is 0 Å². The molecule has 0 aromatic carbocycles. The number of carbonyl (C=O) groups excluding carboxylic acids is 1. The number of nitrogens with zero attached hydrogens (tertiary/aromatic N) is 1. The minimum absolute atomic E-state index is 0.232. The van der Waals surface area contributed by atoms with Gasteiger partial charge in [0.05, 0.1) is 5.69 Å². The predicted octanol–water partition coefficient (Wildman–Crippen LogP) is -0.897. The van der Waals surface area contributed by atoms with E-state index >= 15 is 0 Å². The standard InChI is InChI=1S/C11H17BN2O4/c1-11(2,3)18-10(15)9(13)8-5-4-7(6-14-8)12(16)17/h4-6,9,16-17H,13H2,1-3H3. The van der Waals surface area contributed by atoms with E-state index in [1.165, 1.54) is 18.3 Å². The molecule has 1 heterocycles. The third kappa shape index (κ3) is 4.10. The molecule has 18 heavy (non-hydrogen) atoms. The van der Waals surface area contributed by atoms with E-state index in [0.29, 0.717) is 5.69 Å². The Hall–Kier alpha value is -1.44. The highest BCUT2D eigenvalue weighted by Gasteiger charge is 2.24. The lowest BCUT2D eigenvalue weighted by Gasteiger charge is -2.21. The second-order valence-corrected chi connectivity index (χ2v) is 4.90. The normalized spacial score (nSPS) is 13.0. The Bertz CT molecular complexity index is 414. The van der Waals surface area contributed by atoms with Gasteiger partial charge in [-0.25, -0.2) is 4.79 Å². The fraction of sp³-hybridized carbons (Fsp3) is 0.455. The molecule has 1 rings (SSSR count). The summed E-state index contributed by atoms with van der Waals surface area (Å²) >= 11 is 0. The van der Waals surface area contributed by atoms with Crippen LogP contribution in [0.4, 0.5) is 0 Å². The van der Waals surface area contributed by atoms with Gasteiger partial charge in [-0.2, -0.15) is 0 Å². The molecule has 1 unspecified atom stereocenters. The maximum absolute atomic E-state index is 11.7. The monoisotopic (exact) mass is 252 g/mol. The summed E-state index contributed by atoms with van der Waals surface area (Å²) in [6, 6.07) is 1.91. The molecule has 0 amide bonds. The highest BCUT2D eigenvalue weighted by atomic mass is 16.6. The third-order valence-electron chi connectivity index (χ3n) is 2.09. The van der Waals surface area contributed by atoms with Crippen molar-refractivity contribution in [2.24, 2.45) is 5.73 Å². The summed E-state index contributed by atoms with van der Waals surface area (Å²) in [4.78, 5) is 15.6. The lowest BCUT2D eigenvalue weighted by atomic mass is 9.81. The molecular formula is C11H17BN2O4. The number of aromatic nitrogens is 1. The van der Waals surface area contributed by atoms with E-state index in [1.54, 1.807) is 20.8 Å². The fourth-order valence-corrected chi connectivity index (χ4v) is 1.24. The SMILES string of the molecule is CC(C)(C)OC(=O)C(N)c1ccc(B(O)O)cn1. The Morgan fingerprint density at radius 1 is 1.44 bits per heavy atom. The first kappa shape index (κ1) is 14.6. The Labute approximate surface area is 106 Å². The Balaban J connectivity index is 2.78. The van der Waals surface area contributed by atoms with Crippen molar-refractivity contribution in [1.29, 1.82) is 0 Å². The number of esters is 1. The minimum atomic E-state index is -1.59. The van der Waals surface area contributed by atoms with Crippen molar-refractivity contribution in [1.82, 2.24) is 4.98 Å². The summed E-state index contributed by atoms with van der Waals surface area (Å²) in [6.45, 7) is 5.24. The predicted molar refractivity (Wildman–Crippen MR) is 66.8 cm³/mol. The van der Waals surface area contributed by atoms with Crippen molar-refractivity contribution in [3.63, 3.8) is 0 Å². The average Bonchev–Trinajstić information content (AvgIpc) is 2.26. The number of hydrogen-bond donors (Lipinski definition) is 3. The van der Waals surface area contributed by atoms with Gasteiger partial charge in [0.2, 0.25) is 0 Å². The molecule has 0 aliphatic carbocycles. The summed E-state index contributed by atoms with van der Waals surface area (Å²) in [6.07, 6.45) is 1.25. The lowest BCUT2D eigenvalue weighted by molar-refractivity contribution is -0.156. The van der Waals surface area contributed by atoms with Gasteiger partial charge in [0.15, 0.2) is 0 Å². The van der Waals surface area contributed by atoms with Crippen molar-refractivity contribution in [2.45, 2.75) is 32.4 Å². The van der Waals surface area contributed by atoms with Crippen LogP contribution in [-0.4, -0.2) is 33.7 Å². The Morgan fingerprint density at radius 3 is 2.44 bits per heavy atom. The van der Waals surface area contributed by atoms with Crippen LogP contribution in [0.1, 0.15) is 32.5 Å². The zero-order valence-electron chi connectivity index (χ0n) is 10.6. The smallest absolute Gasteiger partial charge is 0.459 e. The van der Waals surface area contributed by atoms with E-state index in [9.17, 15) is 4.79 Å². The van der Waals surface area contributed by atoms with Crippen molar-refractivity contribution < 1.29 is 19.6 Å². The molecule has 7 heteroatoms. The van der Waals surface area contributed by atoms with Crippen LogP contribution in [0.25, 0.3) is 0 Å². The molecule has 1 aromatic heterocycles. The van der Waals surface area contributed by atoms with E-state index < -0.39 is 24.7 Å². The molecule has 0 saturated carbocycles. The lowest BCUT2D eigenvalue weighted by Crippen LogP contribution is -2.33. The van der Waals surface area contributed by atoms with Crippen molar-refractivity contribution in [3.05, 3.63) is 24.0 Å². The number of carbonyl (C=O) groups is 1. The number of pyridine rings is 1. The highest BCUT2D eigenvalue weighted by Crippen LogP contribution is 2.14. The summed E-state index contributed by atoms with van der Waals surface area (Å²) < 4.78 is 5.13. The maximum Gasteiger partial charge on any atom is 0.490 e. The van der Waals surface area contributed by atoms with E-state index in [2.05, 4.69) is 4.98 Å². The quantitative estimate of drug-likeness (QED) is 0.475. The van der Waals surface area contributed by atoms with Gasteiger partial charge in [0.25, 0.3) is 0 Å². The van der Waals surface area contributed by atoms with Gasteiger partial charge < -0.3 is 20.5 Å². The first-order valence-electron chi connectivity index (χ1n) is 5.51. The zero-order valence-corrected chi connectivity index (χ0v) is 10.6. The number of nitrogens with two attached hydrogens (primary N) is 1. The van der Waals surface area contributed by atoms with Crippen LogP contribution < -0.4 is 11.2 Å². The van der Waals surface area contributed by atoms with Gasteiger partial charge in [-0.05, 0) is 26.8 Å². The first-order valence-corrected chi connectivity index (χ1v) is 5.51. The fourth-order valence-electron chi connectivity index (χ4n) is 1.24. The summed E-state index contributed by atoms with van der Waals surface area (Å²) in [5, 5.41) is 17.8. The minimum Gasteiger partial charge on any atom is -0.459 e. The number of ether oxygens (including phenoxy) is 1. The molecule has 0 fully saturated rings. The molecule has 98 valence electrons. The molecule has 0 spiro atoms. The Kier molecular flexibility index (Phi) is 4.45. The van der Waals surface area contributed by atoms with Crippen molar-refractivity contribution in [3.8, 4) is 0 Å². The third-order valence-corrected chi connectivity index (χ3v) is 2.09. The molecule has 0 radical (unpaired) electrons. The van der Waals surface area contributed by atoms with Crippen LogP contribution in [0.5, 0.6) is 0 Å². The van der Waals surface area contributed by atoms with E-state index in [-0.39, 0.29) is 5.46 Å². The van der Waals surface area contributed by atoms with Gasteiger partial charge in [0, 0.05) is 11.7 Å². The topological polar surface area (TPSA) is 106 Å². The van der Waals surface area contributed by atoms with Crippen LogP contribution in [0.15, 0.2) is 18.3 Å². The number of hydrogen-bond acceptors (Lipinski definition) is 6. The van der Waals surface area contributed by atoms with E-state index in [0.717, 1.165) is 0 Å². The van der Waals surface area contributed by atoms with Crippen molar-refractivity contribution in [2.75, 3.05) is 0 Å². The second kappa shape index (κ2) is 5.47. The van der Waals surface area contributed by atoms with Crippen LogP contribution in [0.2, 0.25) is 0 Å². The number of rotatable bonds is 3. The maximum atomic E-state index is 11.7. The molecule has 0 bridgehead atoms. The van der Waals surface area contributed by atoms with E-state index in [4.69, 9.17) is 20.5 Å². The van der Waals surface area contributed by atoms with Crippen LogP contribution in [0.3, 0.4) is 0 Å². The molecule has 0 aliphatic heterocycles. The summed E-state index contributed by atoms with van der Waals surface area (Å²) in [5.74, 6) is -0.577. The Morgan fingerprint density at radius 2 is 2.06 bits per heavy atom. The largest absolute Gasteiger partial charge is 0.490 e. The van der Waals surface area contributed by atoms with Gasteiger partial charge >= 0.3 is 13.1 Å². The van der Waals surface area contributed by atoms with Crippen LogP contribution >= 0.6 is 0 Å². The van der Waals surface area contributed by atoms with Gasteiger partial charge in [0.1, 0.15) is 11.6 Å². The molecule has 6 nitrogen and oxygen atoms in total. The summed E-state index contributed by atoms with van der Waals surface area (Å²) in [5.41, 5.74) is 5.64. The zero-order chi connectivity index (χ0) is 13.9. The van der Waals surface area contributed by atoms with Gasteiger partial charge in [-0.15, -0.1) is 0 Å². The molecular weight excluding hydrogens is 235 g/mol. The van der Waals surface area contributed by atoms with Crippen LogP contribution in [-0.2, 0) is 9.53 Å². The van der Waals surface area contributed by atoms with Gasteiger partial charge in [-0.1, -0.05) is 6.07 Å². The summed E-state index contributed by atoms with van der Waals surface area (Å²) in [7, 11) is -1.59. The molecule has 1 atom stereocenters. The van der Waals surface area contributed by atoms with Crippen molar-refractivity contribution >= 4 is 18.6 Å². The molecule has 1 aromatic rings. The van der Waals surface area contributed by atoms with Gasteiger partial charge in [-0.3, -0.25) is 4.98 Å². The van der Waals surface area contributed by atoms with E-state index in [1.807, 2.05) is 0 Å². The first-order chi connectivity index (χ1) is 8.20. The molecule has 0 aliphatic rings. The molecule has 4 N–H and O–H groups in total. The average molecular weight is 252 g/mol. The second-order valence-electron chi connectivity index (χ2n) is 4.90. The highest BCUT2D eigenvalue weighted by molar-refractivity contribution is 6.58. The molecule has 0 saturated heterocycles.